The Morgan fingerprint density at radius 3 is 2.91 bits per heavy atom. The molecule has 6 nitrogen and oxygen atoms in total. The molecule has 9 rings (SSSR count). The Morgan fingerprint density at radius 2 is 2.14 bits per heavy atom. The molecule has 4 bridgehead atoms. The number of piperidine rings is 1. The second-order valence-electron chi connectivity index (χ2n) is 11.7. The maximum atomic E-state index is 7.12. The lowest BCUT2D eigenvalue weighted by Gasteiger charge is -2.74. The smallest absolute Gasteiger partial charge is 0.174 e. The molecule has 8 heteroatoms. The van der Waals surface area contributed by atoms with E-state index in [4.69, 9.17) is 14.2 Å². The number of hydrogen-bond acceptors (Lipinski definition) is 8. The monoisotopic (exact) mass is 511 g/mol. The number of thioether (sulfide) groups is 1. The van der Waals surface area contributed by atoms with E-state index < -0.39 is 0 Å². The summed E-state index contributed by atoms with van der Waals surface area (Å²) in [5, 5.41) is 8.39. The molecular weight excluding hydrogens is 478 g/mol. The van der Waals surface area contributed by atoms with Crippen molar-refractivity contribution in [3.8, 4) is 11.5 Å². The molecule has 1 saturated heterocycles. The van der Waals surface area contributed by atoms with Crippen molar-refractivity contribution in [1.29, 1.82) is 0 Å². The number of nitrogens with zero attached hydrogens (tertiary/aromatic N) is 3. The molecule has 6 unspecified atom stereocenters. The van der Waals surface area contributed by atoms with Gasteiger partial charge < -0.3 is 14.2 Å². The average Bonchev–Trinajstić information content (AvgIpc) is 3.39. The van der Waals surface area contributed by atoms with Crippen molar-refractivity contribution in [2.45, 2.75) is 72.4 Å². The lowest BCUT2D eigenvalue weighted by Crippen LogP contribution is -2.81. The molecule has 7 aliphatic rings. The van der Waals surface area contributed by atoms with Crippen LogP contribution in [-0.2, 0) is 16.6 Å². The van der Waals surface area contributed by atoms with Crippen LogP contribution in [0.1, 0.15) is 49.7 Å². The first-order valence-electron chi connectivity index (χ1n) is 13.2. The first-order chi connectivity index (χ1) is 17.1. The van der Waals surface area contributed by atoms with E-state index in [-0.39, 0.29) is 22.5 Å². The van der Waals surface area contributed by atoms with Crippen molar-refractivity contribution >= 4 is 23.1 Å². The van der Waals surface area contributed by atoms with Gasteiger partial charge in [0.15, 0.2) is 15.8 Å². The molecule has 3 heterocycles. The molecule has 35 heavy (non-hydrogen) atoms. The van der Waals surface area contributed by atoms with Gasteiger partial charge in [-0.25, -0.2) is 0 Å². The van der Waals surface area contributed by atoms with Crippen molar-refractivity contribution in [2.75, 3.05) is 33.1 Å². The number of benzene rings is 1. The summed E-state index contributed by atoms with van der Waals surface area (Å²) in [7, 11) is 3.72. The van der Waals surface area contributed by atoms with Gasteiger partial charge in [0.25, 0.3) is 0 Å². The molecule has 1 aromatic heterocycles. The molecule has 6 atom stereocenters. The second-order valence-corrected chi connectivity index (χ2v) is 13.8. The van der Waals surface area contributed by atoms with Crippen LogP contribution in [-0.4, -0.2) is 65.9 Å². The molecule has 2 aromatic rings. The normalized spacial score (nSPS) is 40.5. The third kappa shape index (κ3) is 2.60. The highest BCUT2D eigenvalue weighted by atomic mass is 32.2. The van der Waals surface area contributed by atoms with Crippen LogP contribution in [0.2, 0.25) is 0 Å². The van der Waals surface area contributed by atoms with E-state index in [1.807, 2.05) is 24.4 Å². The summed E-state index contributed by atoms with van der Waals surface area (Å²) in [6.07, 6.45) is 8.74. The summed E-state index contributed by atoms with van der Waals surface area (Å²) >= 11 is 3.50. The van der Waals surface area contributed by atoms with Gasteiger partial charge >= 0.3 is 0 Å². The van der Waals surface area contributed by atoms with Crippen LogP contribution < -0.4 is 9.47 Å². The highest BCUT2D eigenvalue weighted by molar-refractivity contribution is 8.01. The summed E-state index contributed by atoms with van der Waals surface area (Å²) in [6, 6.07) is 5.08. The number of rotatable bonds is 7. The van der Waals surface area contributed by atoms with Crippen molar-refractivity contribution in [1.82, 2.24) is 15.1 Å². The Bertz CT molecular complexity index is 1170. The van der Waals surface area contributed by atoms with E-state index in [9.17, 15) is 0 Å². The van der Waals surface area contributed by atoms with Crippen LogP contribution in [0.3, 0.4) is 0 Å². The summed E-state index contributed by atoms with van der Waals surface area (Å²) < 4.78 is 20.7. The average molecular weight is 512 g/mol. The number of methoxy groups -OCH3 is 2. The van der Waals surface area contributed by atoms with Crippen molar-refractivity contribution in [3.05, 3.63) is 28.8 Å². The minimum absolute atomic E-state index is 0.0351. The standard InChI is InChI=1S/C27H33N3O3S2/c1-31-19-6-5-17-11-20-25-7-8-27(32-2,18(12-25)14-34-24-29-28-15-35-24)23-26(25,21(17)22(19)33-23)9-10-30(20)13-16-3-4-16/h5-6,15-16,18,20,23H,3-4,7-14H2,1-2H3. The van der Waals surface area contributed by atoms with Crippen molar-refractivity contribution in [3.63, 3.8) is 0 Å². The van der Waals surface area contributed by atoms with E-state index in [2.05, 4.69) is 27.2 Å². The molecule has 0 N–H and O–H groups in total. The van der Waals surface area contributed by atoms with E-state index in [0.29, 0.717) is 12.0 Å². The summed E-state index contributed by atoms with van der Waals surface area (Å²) in [6.45, 7) is 2.47. The van der Waals surface area contributed by atoms with E-state index in [1.165, 1.54) is 56.3 Å². The van der Waals surface area contributed by atoms with E-state index in [1.54, 1.807) is 18.4 Å². The zero-order valence-electron chi connectivity index (χ0n) is 20.5. The van der Waals surface area contributed by atoms with Gasteiger partial charge in [0.05, 0.1) is 7.11 Å². The summed E-state index contributed by atoms with van der Waals surface area (Å²) in [4.78, 5) is 2.91. The van der Waals surface area contributed by atoms with Gasteiger partial charge in [-0.3, -0.25) is 4.90 Å². The van der Waals surface area contributed by atoms with Gasteiger partial charge in [-0.1, -0.05) is 29.2 Å². The zero-order chi connectivity index (χ0) is 23.4. The van der Waals surface area contributed by atoms with Gasteiger partial charge in [0.2, 0.25) is 0 Å². The third-order valence-corrected chi connectivity index (χ3v) is 12.8. The Balaban J connectivity index is 1.29. The van der Waals surface area contributed by atoms with Gasteiger partial charge in [-0.05, 0) is 69.0 Å². The largest absolute Gasteiger partial charge is 0.493 e. The summed E-state index contributed by atoms with van der Waals surface area (Å²) in [5.74, 6) is 4.27. The Labute approximate surface area is 215 Å². The van der Waals surface area contributed by atoms with Crippen LogP contribution >= 0.6 is 23.1 Å². The fourth-order valence-corrected chi connectivity index (χ4v) is 11.0. The molecule has 2 aliphatic heterocycles. The highest BCUT2D eigenvalue weighted by Gasteiger charge is 2.80. The first-order valence-corrected chi connectivity index (χ1v) is 15.1. The molecule has 5 fully saturated rings. The maximum absolute atomic E-state index is 7.12. The van der Waals surface area contributed by atoms with Gasteiger partial charge in [-0.2, -0.15) is 0 Å². The second kappa shape index (κ2) is 7.36. The molecule has 5 aliphatic carbocycles. The number of ether oxygens (including phenoxy) is 3. The quantitative estimate of drug-likeness (QED) is 0.505. The predicted molar refractivity (Wildman–Crippen MR) is 136 cm³/mol. The van der Waals surface area contributed by atoms with E-state index >= 15 is 0 Å². The van der Waals surface area contributed by atoms with Gasteiger partial charge in [-0.15, -0.1) is 10.2 Å². The molecule has 0 amide bonds. The van der Waals surface area contributed by atoms with Crippen LogP contribution in [0.25, 0.3) is 0 Å². The molecule has 2 spiro atoms. The number of hydrogen-bond donors (Lipinski definition) is 0. The Hall–Kier alpha value is -1.35. The molecule has 4 saturated carbocycles. The Kier molecular flexibility index (Phi) is 4.57. The SMILES string of the molecule is COc1ccc2c3c1OC1C4(OC)CCC5(CC4CSc4nncs4)C(C2)N(CC2CC2)CCC315. The lowest BCUT2D eigenvalue weighted by molar-refractivity contribution is -0.273. The van der Waals surface area contributed by atoms with E-state index in [0.717, 1.165) is 40.4 Å². The molecule has 0 radical (unpaired) electrons. The number of likely N-dealkylation sites (tertiary alicyclic amines) is 1. The highest BCUT2D eigenvalue weighted by Crippen LogP contribution is 2.77. The number of fused-ring (bicyclic) bond motifs is 2. The van der Waals surface area contributed by atoms with Crippen LogP contribution in [0.4, 0.5) is 0 Å². The van der Waals surface area contributed by atoms with Crippen LogP contribution in [0, 0.1) is 17.3 Å². The predicted octanol–water partition coefficient (Wildman–Crippen LogP) is 4.56. The molecule has 1 aromatic carbocycles. The van der Waals surface area contributed by atoms with Crippen LogP contribution in [0.5, 0.6) is 11.5 Å². The maximum Gasteiger partial charge on any atom is 0.174 e. The minimum atomic E-state index is -0.276. The Morgan fingerprint density at radius 1 is 1.23 bits per heavy atom. The topological polar surface area (TPSA) is 56.7 Å². The van der Waals surface area contributed by atoms with Crippen molar-refractivity contribution < 1.29 is 14.2 Å². The third-order valence-electron chi connectivity index (χ3n) is 10.8. The number of aromatic nitrogens is 2. The van der Waals surface area contributed by atoms with Crippen molar-refractivity contribution in [2.24, 2.45) is 17.3 Å². The molecular formula is C27H33N3O3S2. The van der Waals surface area contributed by atoms with Gasteiger partial charge in [0.1, 0.15) is 17.2 Å². The van der Waals surface area contributed by atoms with Gasteiger partial charge in [0, 0.05) is 47.8 Å². The van der Waals surface area contributed by atoms with Crippen LogP contribution in [0.15, 0.2) is 22.0 Å². The molecule has 186 valence electrons. The fraction of sp³-hybridized carbons (Fsp3) is 0.704. The fourth-order valence-electron chi connectivity index (χ4n) is 9.29. The minimum Gasteiger partial charge on any atom is -0.493 e. The zero-order valence-corrected chi connectivity index (χ0v) is 22.1. The first kappa shape index (κ1) is 21.7. The lowest BCUT2D eigenvalue weighted by atomic mass is 9.35. The summed E-state index contributed by atoms with van der Waals surface area (Å²) in [5.41, 5.74) is 4.82.